The standard InChI is InChI=1S/C18H18F3NO3/c19-18(20,21)9-2-1-3-10(8-9)22-15(23)13-11-4-5-12(14(13)16(24)25)17(11)6-7-17/h1-3,8,11-14H,4-7H2,(H,22,23)(H,24,25)/t11-,12+,13+,14-/m0/s1. The number of rotatable bonds is 3. The Kier molecular flexibility index (Phi) is 3.43. The molecule has 0 aromatic heterocycles. The van der Waals surface area contributed by atoms with Gasteiger partial charge in [0, 0.05) is 5.69 Å². The number of hydrogen-bond acceptors (Lipinski definition) is 2. The van der Waals surface area contributed by atoms with E-state index in [-0.39, 0.29) is 22.9 Å². The quantitative estimate of drug-likeness (QED) is 0.869. The lowest BCUT2D eigenvalue weighted by molar-refractivity contribution is -0.148. The fourth-order valence-corrected chi connectivity index (χ4v) is 5.34. The summed E-state index contributed by atoms with van der Waals surface area (Å²) in [5, 5.41) is 12.1. The van der Waals surface area contributed by atoms with Gasteiger partial charge in [0.15, 0.2) is 0 Å². The van der Waals surface area contributed by atoms with Crippen molar-refractivity contribution in [2.24, 2.45) is 29.1 Å². The van der Waals surface area contributed by atoms with Gasteiger partial charge >= 0.3 is 12.1 Å². The van der Waals surface area contributed by atoms with Gasteiger partial charge in [0.1, 0.15) is 0 Å². The van der Waals surface area contributed by atoms with Gasteiger partial charge in [-0.25, -0.2) is 0 Å². The highest BCUT2D eigenvalue weighted by Crippen LogP contribution is 2.74. The molecule has 1 aromatic carbocycles. The second-order valence-corrected chi connectivity index (χ2v) is 7.48. The van der Waals surface area contributed by atoms with Gasteiger partial charge in [0.05, 0.1) is 17.4 Å². The van der Waals surface area contributed by atoms with Crippen molar-refractivity contribution in [3.8, 4) is 0 Å². The van der Waals surface area contributed by atoms with E-state index in [1.54, 1.807) is 0 Å². The van der Waals surface area contributed by atoms with Crippen LogP contribution in [0.2, 0.25) is 0 Å². The Bertz CT molecular complexity index is 741. The summed E-state index contributed by atoms with van der Waals surface area (Å²) in [6, 6.07) is 4.44. The number of nitrogens with one attached hydrogen (secondary N) is 1. The first kappa shape index (κ1) is 16.4. The average molecular weight is 353 g/mol. The van der Waals surface area contributed by atoms with Gasteiger partial charge in [0.25, 0.3) is 0 Å². The average Bonchev–Trinajstić information content (AvgIpc) is 3.20. The first-order valence-corrected chi connectivity index (χ1v) is 8.45. The van der Waals surface area contributed by atoms with Crippen LogP contribution < -0.4 is 5.32 Å². The van der Waals surface area contributed by atoms with Crippen molar-refractivity contribution >= 4 is 17.6 Å². The van der Waals surface area contributed by atoms with Gasteiger partial charge < -0.3 is 10.4 Å². The Hall–Kier alpha value is -2.05. The van der Waals surface area contributed by atoms with E-state index in [1.807, 2.05) is 0 Å². The topological polar surface area (TPSA) is 66.4 Å². The molecule has 4 atom stereocenters. The maximum absolute atomic E-state index is 12.8. The van der Waals surface area contributed by atoms with Gasteiger partial charge in [-0.3, -0.25) is 9.59 Å². The minimum absolute atomic E-state index is 0.0150. The molecule has 0 radical (unpaired) electrons. The normalized spacial score (nSPS) is 32.0. The minimum Gasteiger partial charge on any atom is -0.481 e. The lowest BCUT2D eigenvalue weighted by atomic mass is 9.78. The Morgan fingerprint density at radius 3 is 2.32 bits per heavy atom. The minimum atomic E-state index is -4.49. The van der Waals surface area contributed by atoms with E-state index >= 15 is 0 Å². The number of benzene rings is 1. The third kappa shape index (κ3) is 2.43. The highest BCUT2D eigenvalue weighted by Gasteiger charge is 2.71. The largest absolute Gasteiger partial charge is 0.481 e. The van der Waals surface area contributed by atoms with Crippen molar-refractivity contribution in [1.82, 2.24) is 0 Å². The molecule has 134 valence electrons. The molecule has 3 fully saturated rings. The van der Waals surface area contributed by atoms with Gasteiger partial charge in [-0.05, 0) is 61.1 Å². The number of amides is 1. The van der Waals surface area contributed by atoms with E-state index < -0.39 is 35.5 Å². The van der Waals surface area contributed by atoms with Crippen LogP contribution in [0.5, 0.6) is 0 Å². The third-order valence-corrected chi connectivity index (χ3v) is 6.39. The highest BCUT2D eigenvalue weighted by molar-refractivity contribution is 5.96. The molecule has 7 heteroatoms. The molecule has 25 heavy (non-hydrogen) atoms. The molecular formula is C18H18F3NO3. The molecule has 3 saturated carbocycles. The number of carbonyl (C=O) groups is 2. The first-order valence-electron chi connectivity index (χ1n) is 8.45. The summed E-state index contributed by atoms with van der Waals surface area (Å²) in [5.74, 6) is -2.77. The third-order valence-electron chi connectivity index (χ3n) is 6.39. The van der Waals surface area contributed by atoms with Crippen LogP contribution in [0, 0.1) is 29.1 Å². The molecule has 1 aromatic rings. The number of aliphatic carboxylic acids is 1. The zero-order valence-electron chi connectivity index (χ0n) is 13.3. The number of carboxylic acids is 1. The summed E-state index contributed by atoms with van der Waals surface area (Å²) in [4.78, 5) is 24.5. The smallest absolute Gasteiger partial charge is 0.416 e. The van der Waals surface area contributed by atoms with E-state index in [4.69, 9.17) is 0 Å². The maximum Gasteiger partial charge on any atom is 0.416 e. The molecular weight excluding hydrogens is 335 g/mol. The molecule has 2 N–H and O–H groups in total. The van der Waals surface area contributed by atoms with Crippen LogP contribution in [0.3, 0.4) is 0 Å². The predicted molar refractivity (Wildman–Crippen MR) is 82.6 cm³/mol. The van der Waals surface area contributed by atoms with Crippen LogP contribution in [0.25, 0.3) is 0 Å². The van der Waals surface area contributed by atoms with Gasteiger partial charge in [-0.2, -0.15) is 13.2 Å². The molecule has 3 aliphatic carbocycles. The second-order valence-electron chi connectivity index (χ2n) is 7.48. The van der Waals surface area contributed by atoms with Gasteiger partial charge in [0.2, 0.25) is 5.91 Å². The SMILES string of the molecule is O=C(O)[C@@H]1[C@H](C(=O)Nc2cccc(C(F)(F)F)c2)[C@@H]2CC[C@H]1C21CC1. The Balaban J connectivity index is 1.58. The molecule has 0 unspecified atom stereocenters. The summed E-state index contributed by atoms with van der Waals surface area (Å²) in [7, 11) is 0. The zero-order chi connectivity index (χ0) is 18.0. The zero-order valence-corrected chi connectivity index (χ0v) is 13.3. The lowest BCUT2D eigenvalue weighted by Crippen LogP contribution is -2.37. The van der Waals surface area contributed by atoms with Crippen molar-refractivity contribution in [3.05, 3.63) is 29.8 Å². The van der Waals surface area contributed by atoms with Gasteiger partial charge in [-0.15, -0.1) is 0 Å². The van der Waals surface area contributed by atoms with E-state index in [9.17, 15) is 27.9 Å². The lowest BCUT2D eigenvalue weighted by Gasteiger charge is -2.27. The van der Waals surface area contributed by atoms with Crippen LogP contribution >= 0.6 is 0 Å². The van der Waals surface area contributed by atoms with Crippen LogP contribution in [-0.2, 0) is 15.8 Å². The van der Waals surface area contributed by atoms with E-state index in [1.165, 1.54) is 12.1 Å². The van der Waals surface area contributed by atoms with Crippen molar-refractivity contribution in [2.45, 2.75) is 31.9 Å². The van der Waals surface area contributed by atoms with E-state index in [2.05, 4.69) is 5.32 Å². The second kappa shape index (κ2) is 5.22. The summed E-state index contributed by atoms with van der Waals surface area (Å²) in [6.45, 7) is 0. The van der Waals surface area contributed by atoms with Crippen molar-refractivity contribution < 1.29 is 27.9 Å². The fourth-order valence-electron chi connectivity index (χ4n) is 5.34. The Morgan fingerprint density at radius 2 is 1.76 bits per heavy atom. The number of anilines is 1. The monoisotopic (exact) mass is 353 g/mol. The molecule has 1 amide bonds. The maximum atomic E-state index is 12.8. The number of carbonyl (C=O) groups excluding carboxylic acids is 1. The van der Waals surface area contributed by atoms with E-state index in [0.717, 1.165) is 37.8 Å². The molecule has 1 spiro atoms. The van der Waals surface area contributed by atoms with Crippen LogP contribution in [0.1, 0.15) is 31.2 Å². The van der Waals surface area contributed by atoms with Crippen LogP contribution in [-0.4, -0.2) is 17.0 Å². The molecule has 0 aliphatic heterocycles. The van der Waals surface area contributed by atoms with Crippen molar-refractivity contribution in [3.63, 3.8) is 0 Å². The number of hydrogen-bond donors (Lipinski definition) is 2. The van der Waals surface area contributed by atoms with Crippen molar-refractivity contribution in [2.75, 3.05) is 5.32 Å². The number of alkyl halides is 3. The predicted octanol–water partition coefficient (Wildman–Crippen LogP) is 3.78. The number of halogens is 3. The number of carboxylic acid groups (broad SMARTS) is 1. The molecule has 4 nitrogen and oxygen atoms in total. The molecule has 0 heterocycles. The van der Waals surface area contributed by atoms with Crippen LogP contribution in [0.4, 0.5) is 18.9 Å². The Morgan fingerprint density at radius 1 is 1.12 bits per heavy atom. The fraction of sp³-hybridized carbons (Fsp3) is 0.556. The molecule has 4 rings (SSSR count). The summed E-state index contributed by atoms with van der Waals surface area (Å²) in [5.41, 5.74) is -0.804. The summed E-state index contributed by atoms with van der Waals surface area (Å²) in [6.07, 6.45) is -0.919. The van der Waals surface area contributed by atoms with Gasteiger partial charge in [-0.1, -0.05) is 6.07 Å². The van der Waals surface area contributed by atoms with Crippen molar-refractivity contribution in [1.29, 1.82) is 0 Å². The summed E-state index contributed by atoms with van der Waals surface area (Å²) >= 11 is 0. The molecule has 0 saturated heterocycles. The molecule has 2 bridgehead atoms. The van der Waals surface area contributed by atoms with Crippen LogP contribution in [0.15, 0.2) is 24.3 Å². The van der Waals surface area contributed by atoms with E-state index in [0.29, 0.717) is 0 Å². The first-order chi connectivity index (χ1) is 11.7. The summed E-state index contributed by atoms with van der Waals surface area (Å²) < 4.78 is 38.4. The molecule has 3 aliphatic rings. The Labute approximate surface area is 142 Å². The highest BCUT2D eigenvalue weighted by atomic mass is 19.4.